The van der Waals surface area contributed by atoms with Crippen molar-refractivity contribution in [3.63, 3.8) is 0 Å². The third-order valence-electron chi connectivity index (χ3n) is 5.79. The van der Waals surface area contributed by atoms with E-state index < -0.39 is 6.04 Å². The van der Waals surface area contributed by atoms with E-state index in [2.05, 4.69) is 20.1 Å². The fourth-order valence-corrected chi connectivity index (χ4v) is 4.16. The lowest BCUT2D eigenvalue weighted by atomic mass is 10.0. The predicted molar refractivity (Wildman–Crippen MR) is 128 cm³/mol. The third-order valence-corrected chi connectivity index (χ3v) is 5.79. The molecule has 7 nitrogen and oxygen atoms in total. The van der Waals surface area contributed by atoms with E-state index in [1.807, 2.05) is 60.7 Å². The fourth-order valence-electron chi connectivity index (χ4n) is 4.16. The number of carbonyl (C=O) groups excluding carboxylic acids is 2. The van der Waals surface area contributed by atoms with Crippen LogP contribution in [0.2, 0.25) is 0 Å². The molecule has 0 bridgehead atoms. The second-order valence-corrected chi connectivity index (χ2v) is 7.94. The molecule has 2 aromatic carbocycles. The summed E-state index contributed by atoms with van der Waals surface area (Å²) in [5.74, 6) is 0.313. The first kappa shape index (κ1) is 22.5. The van der Waals surface area contributed by atoms with E-state index in [9.17, 15) is 9.59 Å². The second-order valence-electron chi connectivity index (χ2n) is 7.94. The van der Waals surface area contributed by atoms with Crippen LogP contribution >= 0.6 is 0 Å². The van der Waals surface area contributed by atoms with Gasteiger partial charge in [0.15, 0.2) is 0 Å². The number of amides is 1. The molecule has 1 aliphatic heterocycles. The highest BCUT2D eigenvalue weighted by atomic mass is 16.5. The molecule has 1 amide bonds. The first-order valence-corrected chi connectivity index (χ1v) is 11.1. The number of pyridine rings is 1. The standard InChI is InChI=1S/C26H28N4O3/c1-33-26(32)21-13-14-27-23(19-21)29-15-8-16-30(18-17-29)24(20-9-4-2-5-10-20)25(31)28-22-11-6-3-7-12-22/h2-7,9-14,19,24H,8,15-18H2,1H3,(H,28,31)/t24-/m1/s1. The van der Waals surface area contributed by atoms with Crippen molar-refractivity contribution in [1.29, 1.82) is 0 Å². The zero-order valence-electron chi connectivity index (χ0n) is 18.7. The molecule has 0 aliphatic carbocycles. The van der Waals surface area contributed by atoms with E-state index in [0.29, 0.717) is 18.7 Å². The Morgan fingerprint density at radius 3 is 2.39 bits per heavy atom. The minimum Gasteiger partial charge on any atom is -0.465 e. The average molecular weight is 445 g/mol. The number of hydrogen-bond donors (Lipinski definition) is 1. The van der Waals surface area contributed by atoms with Crippen LogP contribution in [0.15, 0.2) is 79.0 Å². The van der Waals surface area contributed by atoms with Gasteiger partial charge in [-0.3, -0.25) is 9.69 Å². The number of nitrogens with one attached hydrogen (secondary N) is 1. The highest BCUT2D eigenvalue weighted by Crippen LogP contribution is 2.25. The molecule has 4 rings (SSSR count). The predicted octanol–water partition coefficient (Wildman–Crippen LogP) is 3.76. The van der Waals surface area contributed by atoms with Crippen molar-refractivity contribution in [1.82, 2.24) is 9.88 Å². The van der Waals surface area contributed by atoms with E-state index in [-0.39, 0.29) is 11.9 Å². The zero-order valence-corrected chi connectivity index (χ0v) is 18.7. The molecule has 2 heterocycles. The van der Waals surface area contributed by atoms with Crippen LogP contribution in [0.3, 0.4) is 0 Å². The molecule has 1 aliphatic rings. The summed E-state index contributed by atoms with van der Waals surface area (Å²) >= 11 is 0. The summed E-state index contributed by atoms with van der Waals surface area (Å²) in [6, 6.07) is 22.4. The van der Waals surface area contributed by atoms with Gasteiger partial charge in [-0.1, -0.05) is 48.5 Å². The summed E-state index contributed by atoms with van der Waals surface area (Å²) in [7, 11) is 1.37. The molecule has 33 heavy (non-hydrogen) atoms. The number of rotatable bonds is 6. The van der Waals surface area contributed by atoms with Gasteiger partial charge in [0.1, 0.15) is 11.9 Å². The van der Waals surface area contributed by atoms with Crippen LogP contribution in [-0.4, -0.2) is 55.0 Å². The molecule has 0 radical (unpaired) electrons. The Morgan fingerprint density at radius 1 is 0.939 bits per heavy atom. The number of para-hydroxylation sites is 1. The molecule has 7 heteroatoms. The maximum atomic E-state index is 13.4. The molecule has 1 aromatic heterocycles. The van der Waals surface area contributed by atoms with E-state index in [4.69, 9.17) is 4.74 Å². The van der Waals surface area contributed by atoms with Crippen LogP contribution in [0.1, 0.15) is 28.4 Å². The van der Waals surface area contributed by atoms with Crippen molar-refractivity contribution < 1.29 is 14.3 Å². The summed E-state index contributed by atoms with van der Waals surface area (Å²) in [5, 5.41) is 3.07. The first-order chi connectivity index (χ1) is 16.2. The molecule has 3 aromatic rings. The molecular weight excluding hydrogens is 416 g/mol. The molecule has 1 N–H and O–H groups in total. The lowest BCUT2D eigenvalue weighted by molar-refractivity contribution is -0.121. The minimum absolute atomic E-state index is 0.0494. The van der Waals surface area contributed by atoms with Crippen LogP contribution in [0.5, 0.6) is 0 Å². The number of esters is 1. The van der Waals surface area contributed by atoms with Gasteiger partial charge < -0.3 is 15.0 Å². The van der Waals surface area contributed by atoms with Gasteiger partial charge in [0.05, 0.1) is 12.7 Å². The van der Waals surface area contributed by atoms with Gasteiger partial charge in [-0.2, -0.15) is 0 Å². The highest BCUT2D eigenvalue weighted by Gasteiger charge is 2.29. The van der Waals surface area contributed by atoms with E-state index >= 15 is 0 Å². The Bertz CT molecular complexity index is 1080. The summed E-state index contributed by atoms with van der Waals surface area (Å²) in [4.78, 5) is 34.2. The van der Waals surface area contributed by atoms with Gasteiger partial charge in [-0.25, -0.2) is 9.78 Å². The minimum atomic E-state index is -0.402. The third kappa shape index (κ3) is 5.56. The largest absolute Gasteiger partial charge is 0.465 e. The molecule has 1 saturated heterocycles. The Labute approximate surface area is 194 Å². The monoisotopic (exact) mass is 444 g/mol. The summed E-state index contributed by atoms with van der Waals surface area (Å²) in [5.41, 5.74) is 2.22. The SMILES string of the molecule is COC(=O)c1ccnc(N2CCCN([C@@H](C(=O)Nc3ccccc3)c3ccccc3)CC2)c1. The van der Waals surface area contributed by atoms with Crippen LogP contribution < -0.4 is 10.2 Å². The Balaban J connectivity index is 1.53. The van der Waals surface area contributed by atoms with Crippen molar-refractivity contribution in [2.24, 2.45) is 0 Å². The number of ether oxygens (including phenoxy) is 1. The number of hydrogen-bond acceptors (Lipinski definition) is 6. The molecule has 0 saturated carbocycles. The number of nitrogens with zero attached hydrogens (tertiary/aromatic N) is 3. The Kier molecular flexibility index (Phi) is 7.32. The number of carbonyl (C=O) groups is 2. The van der Waals surface area contributed by atoms with Gasteiger partial charge in [0.25, 0.3) is 0 Å². The van der Waals surface area contributed by atoms with Crippen molar-refractivity contribution in [2.75, 3.05) is 43.5 Å². The topological polar surface area (TPSA) is 74.8 Å². The van der Waals surface area contributed by atoms with Gasteiger partial charge in [-0.15, -0.1) is 0 Å². The average Bonchev–Trinajstić information content (AvgIpc) is 3.11. The van der Waals surface area contributed by atoms with E-state index in [1.54, 1.807) is 18.3 Å². The second kappa shape index (κ2) is 10.7. The van der Waals surface area contributed by atoms with Crippen molar-refractivity contribution in [2.45, 2.75) is 12.5 Å². The van der Waals surface area contributed by atoms with Crippen LogP contribution in [-0.2, 0) is 9.53 Å². The van der Waals surface area contributed by atoms with Crippen molar-refractivity contribution in [3.8, 4) is 0 Å². The van der Waals surface area contributed by atoms with Gasteiger partial charge in [-0.05, 0) is 36.2 Å². The first-order valence-electron chi connectivity index (χ1n) is 11.1. The summed E-state index contributed by atoms with van der Waals surface area (Å²) < 4.78 is 4.84. The van der Waals surface area contributed by atoms with Crippen LogP contribution in [0.4, 0.5) is 11.5 Å². The fraction of sp³-hybridized carbons (Fsp3) is 0.269. The number of methoxy groups -OCH3 is 1. The summed E-state index contributed by atoms with van der Waals surface area (Å²) in [6.45, 7) is 2.94. The maximum Gasteiger partial charge on any atom is 0.338 e. The zero-order chi connectivity index (χ0) is 23.0. The van der Waals surface area contributed by atoms with Crippen molar-refractivity contribution in [3.05, 3.63) is 90.1 Å². The normalized spacial score (nSPS) is 15.4. The van der Waals surface area contributed by atoms with E-state index in [1.165, 1.54) is 7.11 Å². The Hall–Kier alpha value is -3.71. The lowest BCUT2D eigenvalue weighted by Gasteiger charge is -2.30. The molecule has 170 valence electrons. The molecule has 1 fully saturated rings. The quantitative estimate of drug-likeness (QED) is 0.584. The molecule has 0 spiro atoms. The van der Waals surface area contributed by atoms with Crippen LogP contribution in [0, 0.1) is 0 Å². The van der Waals surface area contributed by atoms with Crippen LogP contribution in [0.25, 0.3) is 0 Å². The maximum absolute atomic E-state index is 13.4. The molecule has 0 unspecified atom stereocenters. The van der Waals surface area contributed by atoms with Gasteiger partial charge in [0, 0.05) is 38.1 Å². The molecular formula is C26H28N4O3. The van der Waals surface area contributed by atoms with Gasteiger partial charge in [0.2, 0.25) is 5.91 Å². The van der Waals surface area contributed by atoms with E-state index in [0.717, 1.165) is 36.6 Å². The van der Waals surface area contributed by atoms with Gasteiger partial charge >= 0.3 is 5.97 Å². The van der Waals surface area contributed by atoms with Crippen molar-refractivity contribution >= 4 is 23.4 Å². The Morgan fingerprint density at radius 2 is 1.67 bits per heavy atom. The molecule has 1 atom stereocenters. The number of aromatic nitrogens is 1. The smallest absolute Gasteiger partial charge is 0.338 e. The number of benzene rings is 2. The lowest BCUT2D eigenvalue weighted by Crippen LogP contribution is -2.39. The summed E-state index contributed by atoms with van der Waals surface area (Å²) in [6.07, 6.45) is 2.50. The highest BCUT2D eigenvalue weighted by molar-refractivity contribution is 5.95. The number of anilines is 2.